The number of aromatic nitrogens is 6. The Morgan fingerprint density at radius 1 is 1.47 bits per heavy atom. The largest absolute Gasteiger partial charge is 0.395 e. The van der Waals surface area contributed by atoms with E-state index in [1.54, 1.807) is 4.68 Å². The summed E-state index contributed by atoms with van der Waals surface area (Å²) in [6, 6.07) is 0.408. The highest BCUT2D eigenvalue weighted by Gasteiger charge is 2.28. The molecule has 1 aliphatic carbocycles. The summed E-state index contributed by atoms with van der Waals surface area (Å²) in [4.78, 5) is 7.85. The van der Waals surface area contributed by atoms with Crippen LogP contribution >= 0.6 is 23.4 Å². The number of rotatable bonds is 3. The Morgan fingerprint density at radius 2 is 2.29 bits per heavy atom. The number of nitrogen functional groups attached to an aromatic ring is 1. The van der Waals surface area contributed by atoms with Crippen molar-refractivity contribution < 1.29 is 0 Å². The number of nitrogens with zero attached hydrogens (tertiary/aromatic N) is 6. The molecule has 0 aromatic carbocycles. The van der Waals surface area contributed by atoms with Crippen LogP contribution in [-0.2, 0) is 0 Å². The zero-order valence-corrected chi connectivity index (χ0v) is 10.2. The van der Waals surface area contributed by atoms with Gasteiger partial charge in [-0.15, -0.1) is 5.10 Å². The van der Waals surface area contributed by atoms with Gasteiger partial charge in [-0.3, -0.25) is 0 Å². The first kappa shape index (κ1) is 10.7. The molecule has 0 bridgehead atoms. The normalized spacial score (nSPS) is 15.1. The molecule has 0 atom stereocenters. The van der Waals surface area contributed by atoms with Crippen molar-refractivity contribution in [3.63, 3.8) is 0 Å². The van der Waals surface area contributed by atoms with Crippen molar-refractivity contribution in [3.05, 3.63) is 11.5 Å². The Hall–Kier alpha value is -1.41. The fraction of sp³-hybridized carbons (Fsp3) is 0.375. The van der Waals surface area contributed by atoms with Crippen LogP contribution in [0.3, 0.4) is 0 Å². The van der Waals surface area contributed by atoms with Crippen LogP contribution in [0.5, 0.6) is 0 Å². The first-order chi connectivity index (χ1) is 8.24. The van der Waals surface area contributed by atoms with E-state index in [1.165, 1.54) is 18.0 Å². The van der Waals surface area contributed by atoms with Crippen LogP contribution < -0.4 is 5.73 Å². The van der Waals surface area contributed by atoms with Gasteiger partial charge in [0.2, 0.25) is 10.4 Å². The summed E-state index contributed by atoms with van der Waals surface area (Å²) in [6.07, 6.45) is 3.69. The molecule has 0 saturated heterocycles. The molecule has 2 aromatic heterocycles. The van der Waals surface area contributed by atoms with Gasteiger partial charge < -0.3 is 5.73 Å². The fourth-order valence-electron chi connectivity index (χ4n) is 1.32. The van der Waals surface area contributed by atoms with Crippen LogP contribution in [0, 0.1) is 0 Å². The molecule has 2 N–H and O–H groups in total. The average molecular weight is 270 g/mol. The summed E-state index contributed by atoms with van der Waals surface area (Å²) in [5.74, 6) is 0. The molecule has 7 nitrogen and oxygen atoms in total. The van der Waals surface area contributed by atoms with E-state index in [1.807, 2.05) is 0 Å². The van der Waals surface area contributed by atoms with Crippen LogP contribution in [0.2, 0.25) is 5.28 Å². The van der Waals surface area contributed by atoms with Gasteiger partial charge in [-0.2, -0.15) is 0 Å². The third-order valence-corrected chi connectivity index (χ3v) is 3.45. The Bertz CT molecular complexity index is 553. The maximum atomic E-state index is 5.77. The molecule has 9 heteroatoms. The molecule has 2 heterocycles. The molecule has 1 saturated carbocycles. The summed E-state index contributed by atoms with van der Waals surface area (Å²) < 4.78 is 1.79. The molecule has 88 valence electrons. The van der Waals surface area contributed by atoms with Gasteiger partial charge in [-0.1, -0.05) is 0 Å². The van der Waals surface area contributed by atoms with Crippen LogP contribution in [0.15, 0.2) is 16.4 Å². The van der Waals surface area contributed by atoms with Gasteiger partial charge in [-0.05, 0) is 46.6 Å². The third kappa shape index (κ3) is 2.18. The first-order valence-corrected chi connectivity index (χ1v) is 6.17. The molecule has 0 amide bonds. The number of nitrogens with two attached hydrogens (primary N) is 1. The van der Waals surface area contributed by atoms with Gasteiger partial charge in [0.05, 0.1) is 17.9 Å². The second-order valence-corrected chi connectivity index (χ2v) is 4.93. The summed E-state index contributed by atoms with van der Waals surface area (Å²) in [6.45, 7) is 0. The SMILES string of the molecule is Nc1cnc(Cl)nc1Sc1nnnn1C1CC1. The fourth-order valence-corrected chi connectivity index (χ4v) is 2.34. The molecule has 0 radical (unpaired) electrons. The van der Waals surface area contributed by atoms with Crippen molar-refractivity contribution in [2.24, 2.45) is 0 Å². The van der Waals surface area contributed by atoms with Crippen molar-refractivity contribution in [2.75, 3.05) is 5.73 Å². The lowest BCUT2D eigenvalue weighted by Gasteiger charge is -2.03. The zero-order chi connectivity index (χ0) is 11.8. The summed E-state index contributed by atoms with van der Waals surface area (Å²) in [5.41, 5.74) is 6.23. The number of hydrogen-bond donors (Lipinski definition) is 1. The van der Waals surface area contributed by atoms with Crippen molar-refractivity contribution >= 4 is 29.1 Å². The average Bonchev–Trinajstić information content (AvgIpc) is 3.05. The van der Waals surface area contributed by atoms with Crippen molar-refractivity contribution in [1.82, 2.24) is 30.2 Å². The predicted octanol–water partition coefficient (Wildman–Crippen LogP) is 1.18. The number of hydrogen-bond acceptors (Lipinski definition) is 7. The Kier molecular flexibility index (Phi) is 2.60. The molecule has 2 aromatic rings. The van der Waals surface area contributed by atoms with E-state index in [0.29, 0.717) is 21.9 Å². The van der Waals surface area contributed by atoms with Gasteiger partial charge in [0.15, 0.2) is 0 Å². The summed E-state index contributed by atoms with van der Waals surface area (Å²) in [7, 11) is 0. The number of anilines is 1. The van der Waals surface area contributed by atoms with E-state index >= 15 is 0 Å². The van der Waals surface area contributed by atoms with Crippen LogP contribution in [0.4, 0.5) is 5.69 Å². The minimum atomic E-state index is 0.159. The lowest BCUT2D eigenvalue weighted by Crippen LogP contribution is -2.00. The Labute approximate surface area is 106 Å². The van der Waals surface area contributed by atoms with Crippen LogP contribution in [-0.4, -0.2) is 30.2 Å². The highest BCUT2D eigenvalue weighted by atomic mass is 35.5. The standard InChI is InChI=1S/C8H8ClN7S/c9-7-11-3-5(10)6(12-7)17-8-13-14-15-16(8)4-1-2-4/h3-4H,1-2,10H2. The monoisotopic (exact) mass is 269 g/mol. The van der Waals surface area contributed by atoms with Crippen molar-refractivity contribution in [3.8, 4) is 0 Å². The second-order valence-electron chi connectivity index (χ2n) is 3.64. The molecule has 0 unspecified atom stereocenters. The van der Waals surface area contributed by atoms with Gasteiger partial charge in [0.1, 0.15) is 5.03 Å². The second kappa shape index (κ2) is 4.11. The minimum absolute atomic E-state index is 0.159. The molecular formula is C8H8ClN7S. The number of halogens is 1. The lowest BCUT2D eigenvalue weighted by atomic mass is 10.6. The van der Waals surface area contributed by atoms with Crippen LogP contribution in [0.1, 0.15) is 18.9 Å². The van der Waals surface area contributed by atoms with E-state index < -0.39 is 0 Å². The molecule has 1 aliphatic rings. The lowest BCUT2D eigenvalue weighted by molar-refractivity contribution is 0.565. The van der Waals surface area contributed by atoms with E-state index in [2.05, 4.69) is 25.5 Å². The highest BCUT2D eigenvalue weighted by Crippen LogP contribution is 2.38. The maximum Gasteiger partial charge on any atom is 0.223 e. The quantitative estimate of drug-likeness (QED) is 0.660. The van der Waals surface area contributed by atoms with E-state index in [0.717, 1.165) is 12.8 Å². The Balaban J connectivity index is 1.90. The molecule has 0 spiro atoms. The van der Waals surface area contributed by atoms with Crippen molar-refractivity contribution in [1.29, 1.82) is 0 Å². The van der Waals surface area contributed by atoms with Gasteiger partial charge >= 0.3 is 0 Å². The maximum absolute atomic E-state index is 5.77. The Morgan fingerprint density at radius 3 is 3.06 bits per heavy atom. The third-order valence-electron chi connectivity index (χ3n) is 2.29. The van der Waals surface area contributed by atoms with Gasteiger partial charge in [-0.25, -0.2) is 14.6 Å². The van der Waals surface area contributed by atoms with Crippen molar-refractivity contribution in [2.45, 2.75) is 29.1 Å². The van der Waals surface area contributed by atoms with E-state index in [4.69, 9.17) is 17.3 Å². The van der Waals surface area contributed by atoms with Gasteiger partial charge in [0, 0.05) is 0 Å². The predicted molar refractivity (Wildman–Crippen MR) is 61.7 cm³/mol. The van der Waals surface area contributed by atoms with E-state index in [-0.39, 0.29) is 5.28 Å². The number of tetrazole rings is 1. The molecular weight excluding hydrogens is 262 g/mol. The van der Waals surface area contributed by atoms with Gasteiger partial charge in [0.25, 0.3) is 0 Å². The van der Waals surface area contributed by atoms with E-state index in [9.17, 15) is 0 Å². The first-order valence-electron chi connectivity index (χ1n) is 4.98. The topological polar surface area (TPSA) is 95.4 Å². The zero-order valence-electron chi connectivity index (χ0n) is 8.62. The smallest absolute Gasteiger partial charge is 0.223 e. The minimum Gasteiger partial charge on any atom is -0.395 e. The molecule has 0 aliphatic heterocycles. The summed E-state index contributed by atoms with van der Waals surface area (Å²) >= 11 is 7.02. The summed E-state index contributed by atoms with van der Waals surface area (Å²) in [5, 5.41) is 13.0. The molecule has 17 heavy (non-hydrogen) atoms. The highest BCUT2D eigenvalue weighted by molar-refractivity contribution is 7.99. The van der Waals surface area contributed by atoms with Crippen LogP contribution in [0.25, 0.3) is 0 Å². The molecule has 1 fully saturated rings. The molecule has 3 rings (SSSR count).